The Bertz CT molecular complexity index is 917. The molecule has 6 heteroatoms. The number of likely N-dealkylation sites (N-methyl/N-ethyl adjacent to an activating group) is 1. The molecular formula is C26H34N2O4. The summed E-state index contributed by atoms with van der Waals surface area (Å²) in [7, 11) is 6.81. The average molecular weight is 439 g/mol. The molecular weight excluding hydrogens is 404 g/mol. The van der Waals surface area contributed by atoms with Crippen molar-refractivity contribution in [3.63, 3.8) is 0 Å². The van der Waals surface area contributed by atoms with E-state index in [9.17, 15) is 4.79 Å². The summed E-state index contributed by atoms with van der Waals surface area (Å²) in [4.78, 5) is 18.0. The van der Waals surface area contributed by atoms with Crippen LogP contribution in [0.4, 0.5) is 0 Å². The van der Waals surface area contributed by atoms with Gasteiger partial charge in [0.25, 0.3) is 5.91 Å². The number of hydrogen-bond donors (Lipinski definition) is 0. The molecule has 1 saturated heterocycles. The molecule has 1 atom stereocenters. The van der Waals surface area contributed by atoms with E-state index in [1.54, 1.807) is 33.5 Å². The van der Waals surface area contributed by atoms with Crippen molar-refractivity contribution in [2.45, 2.75) is 25.8 Å². The van der Waals surface area contributed by atoms with E-state index in [4.69, 9.17) is 14.2 Å². The molecule has 1 aliphatic rings. The minimum atomic E-state index is -0.0506. The Balaban J connectivity index is 1.91. The van der Waals surface area contributed by atoms with Crippen LogP contribution in [-0.2, 0) is 0 Å². The van der Waals surface area contributed by atoms with Crippen LogP contribution in [0.15, 0.2) is 48.0 Å². The number of amides is 1. The molecule has 2 aromatic carbocycles. The Morgan fingerprint density at radius 1 is 1.09 bits per heavy atom. The molecule has 2 aromatic rings. The zero-order chi connectivity index (χ0) is 23.1. The van der Waals surface area contributed by atoms with Crippen molar-refractivity contribution in [1.82, 2.24) is 9.80 Å². The number of ether oxygens (including phenoxy) is 3. The van der Waals surface area contributed by atoms with Crippen molar-refractivity contribution in [3.8, 4) is 17.2 Å². The molecule has 0 aliphatic carbocycles. The van der Waals surface area contributed by atoms with Crippen molar-refractivity contribution < 1.29 is 19.0 Å². The first kappa shape index (κ1) is 23.7. The van der Waals surface area contributed by atoms with Gasteiger partial charge in [-0.05, 0) is 51.1 Å². The van der Waals surface area contributed by atoms with Crippen LogP contribution >= 0.6 is 0 Å². The van der Waals surface area contributed by atoms with Gasteiger partial charge in [0, 0.05) is 24.7 Å². The van der Waals surface area contributed by atoms with Gasteiger partial charge < -0.3 is 24.0 Å². The maximum atomic E-state index is 13.7. The molecule has 0 bridgehead atoms. The molecule has 6 nitrogen and oxygen atoms in total. The number of carbonyl (C=O) groups excluding carboxylic acids is 1. The largest absolute Gasteiger partial charge is 0.493 e. The molecule has 172 valence electrons. The lowest BCUT2D eigenvalue weighted by Crippen LogP contribution is -2.42. The van der Waals surface area contributed by atoms with Crippen LogP contribution in [0, 0.1) is 0 Å². The number of nitrogens with zero attached hydrogens (tertiary/aromatic N) is 2. The van der Waals surface area contributed by atoms with Gasteiger partial charge in [-0.3, -0.25) is 4.79 Å². The van der Waals surface area contributed by atoms with E-state index in [0.29, 0.717) is 41.9 Å². The number of methoxy groups -OCH3 is 3. The van der Waals surface area contributed by atoms with Gasteiger partial charge in [0.05, 0.1) is 21.3 Å². The quantitative estimate of drug-likeness (QED) is 0.583. The van der Waals surface area contributed by atoms with Gasteiger partial charge in [0.15, 0.2) is 11.5 Å². The minimum Gasteiger partial charge on any atom is -0.493 e. The van der Waals surface area contributed by atoms with Crippen LogP contribution in [0.1, 0.15) is 35.7 Å². The van der Waals surface area contributed by atoms with E-state index >= 15 is 0 Å². The third kappa shape index (κ3) is 5.62. The second-order valence-electron chi connectivity index (χ2n) is 8.28. The fourth-order valence-corrected chi connectivity index (χ4v) is 4.25. The Morgan fingerprint density at radius 2 is 1.75 bits per heavy atom. The van der Waals surface area contributed by atoms with Crippen molar-refractivity contribution in [2.75, 3.05) is 48.0 Å². The molecule has 1 fully saturated rings. The standard InChI is InChI=1S/C26H34N2O4/c1-19(14-20-10-7-6-8-11-20)17-28(18-22-12-9-13-27(22)2)26(29)21-15-23(30-3)25(32-5)24(16-21)31-4/h6-8,10-11,14-16,22H,9,12-13,17-18H2,1-5H3/b19-14+/t22-/m0/s1. The summed E-state index contributed by atoms with van der Waals surface area (Å²) in [6.07, 6.45) is 4.39. The molecule has 0 radical (unpaired) electrons. The van der Waals surface area contributed by atoms with Crippen LogP contribution in [-0.4, -0.2) is 69.8 Å². The number of rotatable bonds is 9. The lowest BCUT2D eigenvalue weighted by atomic mass is 10.1. The Labute approximate surface area is 191 Å². The van der Waals surface area contributed by atoms with Crippen molar-refractivity contribution in [1.29, 1.82) is 0 Å². The molecule has 1 amide bonds. The summed E-state index contributed by atoms with van der Waals surface area (Å²) in [6, 6.07) is 14.0. The van der Waals surface area contributed by atoms with Crippen LogP contribution in [0.3, 0.4) is 0 Å². The predicted molar refractivity (Wildman–Crippen MR) is 128 cm³/mol. The minimum absolute atomic E-state index is 0.0506. The molecule has 0 N–H and O–H groups in total. The summed E-state index contributed by atoms with van der Waals surface area (Å²) in [5, 5.41) is 0. The Hall–Kier alpha value is -2.99. The Kier molecular flexibility index (Phi) is 8.17. The van der Waals surface area contributed by atoms with Gasteiger partial charge in [-0.2, -0.15) is 0 Å². The van der Waals surface area contributed by atoms with Gasteiger partial charge in [-0.1, -0.05) is 42.0 Å². The first-order valence-electron chi connectivity index (χ1n) is 11.0. The summed E-state index contributed by atoms with van der Waals surface area (Å²) in [5.41, 5.74) is 2.77. The lowest BCUT2D eigenvalue weighted by molar-refractivity contribution is 0.0731. The monoisotopic (exact) mass is 438 g/mol. The number of likely N-dealkylation sites (tertiary alicyclic amines) is 1. The first-order valence-corrected chi connectivity index (χ1v) is 11.0. The summed E-state index contributed by atoms with van der Waals surface area (Å²) in [6.45, 7) is 4.36. The SMILES string of the molecule is COc1cc(C(=O)N(C/C(C)=C/c2ccccc2)C[C@@H]2CCCN2C)cc(OC)c1OC. The molecule has 3 rings (SSSR count). The summed E-state index contributed by atoms with van der Waals surface area (Å²) >= 11 is 0. The molecule has 32 heavy (non-hydrogen) atoms. The normalized spacial score (nSPS) is 16.7. The molecule has 0 saturated carbocycles. The third-order valence-electron chi connectivity index (χ3n) is 5.95. The van der Waals surface area contributed by atoms with E-state index in [1.807, 2.05) is 23.1 Å². The van der Waals surface area contributed by atoms with E-state index in [0.717, 1.165) is 30.5 Å². The topological polar surface area (TPSA) is 51.2 Å². The van der Waals surface area contributed by atoms with Crippen molar-refractivity contribution in [2.24, 2.45) is 0 Å². The first-order chi connectivity index (χ1) is 15.5. The number of benzene rings is 2. The molecule has 0 aromatic heterocycles. The zero-order valence-corrected chi connectivity index (χ0v) is 19.8. The van der Waals surface area contributed by atoms with Gasteiger partial charge in [-0.15, -0.1) is 0 Å². The maximum absolute atomic E-state index is 13.7. The second-order valence-corrected chi connectivity index (χ2v) is 8.28. The molecule has 0 unspecified atom stereocenters. The summed E-state index contributed by atoms with van der Waals surface area (Å²) < 4.78 is 16.3. The highest BCUT2D eigenvalue weighted by Gasteiger charge is 2.27. The predicted octanol–water partition coefficient (Wildman–Crippen LogP) is 4.35. The van der Waals surface area contributed by atoms with E-state index in [2.05, 4.69) is 37.1 Å². The van der Waals surface area contributed by atoms with Gasteiger partial charge in [-0.25, -0.2) is 0 Å². The highest BCUT2D eigenvalue weighted by molar-refractivity contribution is 5.96. The van der Waals surface area contributed by atoms with E-state index in [-0.39, 0.29) is 5.91 Å². The fraction of sp³-hybridized carbons (Fsp3) is 0.423. The molecule has 1 heterocycles. The van der Waals surface area contributed by atoms with Crippen LogP contribution in [0.25, 0.3) is 6.08 Å². The fourth-order valence-electron chi connectivity index (χ4n) is 4.25. The smallest absolute Gasteiger partial charge is 0.254 e. The van der Waals surface area contributed by atoms with Gasteiger partial charge in [0.2, 0.25) is 5.75 Å². The van der Waals surface area contributed by atoms with Gasteiger partial charge >= 0.3 is 0 Å². The lowest BCUT2D eigenvalue weighted by Gasteiger charge is -2.30. The number of hydrogen-bond acceptors (Lipinski definition) is 5. The molecule has 1 aliphatic heterocycles. The zero-order valence-electron chi connectivity index (χ0n) is 19.8. The van der Waals surface area contributed by atoms with Crippen molar-refractivity contribution >= 4 is 12.0 Å². The summed E-state index contributed by atoms with van der Waals surface area (Å²) in [5.74, 6) is 1.38. The maximum Gasteiger partial charge on any atom is 0.254 e. The van der Waals surface area contributed by atoms with E-state index < -0.39 is 0 Å². The van der Waals surface area contributed by atoms with Gasteiger partial charge in [0.1, 0.15) is 0 Å². The highest BCUT2D eigenvalue weighted by atomic mass is 16.5. The highest BCUT2D eigenvalue weighted by Crippen LogP contribution is 2.38. The third-order valence-corrected chi connectivity index (χ3v) is 5.95. The molecule has 0 spiro atoms. The number of carbonyl (C=O) groups is 1. The average Bonchev–Trinajstić information content (AvgIpc) is 3.21. The van der Waals surface area contributed by atoms with E-state index in [1.165, 1.54) is 0 Å². The van der Waals surface area contributed by atoms with Crippen LogP contribution in [0.5, 0.6) is 17.2 Å². The van der Waals surface area contributed by atoms with Crippen LogP contribution < -0.4 is 14.2 Å². The Morgan fingerprint density at radius 3 is 2.28 bits per heavy atom. The second kappa shape index (κ2) is 11.0. The van der Waals surface area contributed by atoms with Crippen LogP contribution in [0.2, 0.25) is 0 Å². The van der Waals surface area contributed by atoms with Crippen molar-refractivity contribution in [3.05, 3.63) is 59.2 Å².